The highest BCUT2D eigenvalue weighted by atomic mass is 35.5. The summed E-state index contributed by atoms with van der Waals surface area (Å²) >= 11 is 6.15. The van der Waals surface area contributed by atoms with Crippen molar-refractivity contribution >= 4 is 29.9 Å². The van der Waals surface area contributed by atoms with Crippen molar-refractivity contribution in [2.45, 2.75) is 19.3 Å². The van der Waals surface area contributed by atoms with E-state index in [1.807, 2.05) is 29.2 Å². The molecule has 3 rings (SSSR count). The number of benzene rings is 1. The van der Waals surface area contributed by atoms with Crippen molar-refractivity contribution in [2.24, 2.45) is 11.3 Å². The van der Waals surface area contributed by atoms with Crippen LogP contribution in [0.3, 0.4) is 0 Å². The minimum atomic E-state index is 0. The molecule has 2 N–H and O–H groups in total. The van der Waals surface area contributed by atoms with Gasteiger partial charge in [0.2, 0.25) is 5.91 Å². The molecule has 0 bridgehead atoms. The number of aliphatic hydroxyl groups excluding tert-OH is 1. The summed E-state index contributed by atoms with van der Waals surface area (Å²) in [5.41, 5.74) is 0.969. The van der Waals surface area contributed by atoms with Crippen LogP contribution >= 0.6 is 24.0 Å². The SMILES string of the molecule is Cl.O=C(Cc1ccccc1Cl)N1CC(CO)C2(CCNCC2)C1. The average molecular weight is 359 g/mol. The second-order valence-electron chi connectivity index (χ2n) is 6.53. The Hall–Kier alpha value is -0.810. The first-order chi connectivity index (χ1) is 10.6. The van der Waals surface area contributed by atoms with Crippen molar-refractivity contribution in [3.63, 3.8) is 0 Å². The van der Waals surface area contributed by atoms with E-state index in [9.17, 15) is 9.90 Å². The van der Waals surface area contributed by atoms with Gasteiger partial charge < -0.3 is 15.3 Å². The van der Waals surface area contributed by atoms with Gasteiger partial charge in [0.1, 0.15) is 0 Å². The van der Waals surface area contributed by atoms with Gasteiger partial charge in [0, 0.05) is 30.6 Å². The molecule has 2 fully saturated rings. The van der Waals surface area contributed by atoms with Crippen molar-refractivity contribution < 1.29 is 9.90 Å². The molecule has 2 saturated heterocycles. The Morgan fingerprint density at radius 2 is 2.04 bits per heavy atom. The molecule has 2 aliphatic heterocycles. The Balaban J connectivity index is 0.00000192. The molecule has 1 aromatic rings. The van der Waals surface area contributed by atoms with Gasteiger partial charge >= 0.3 is 0 Å². The number of rotatable bonds is 3. The Morgan fingerprint density at radius 3 is 2.70 bits per heavy atom. The summed E-state index contributed by atoms with van der Waals surface area (Å²) in [4.78, 5) is 14.6. The Morgan fingerprint density at radius 1 is 1.35 bits per heavy atom. The summed E-state index contributed by atoms with van der Waals surface area (Å²) in [6.45, 7) is 3.55. The monoisotopic (exact) mass is 358 g/mol. The topological polar surface area (TPSA) is 52.6 Å². The smallest absolute Gasteiger partial charge is 0.227 e. The second-order valence-corrected chi connectivity index (χ2v) is 6.94. The molecule has 1 amide bonds. The largest absolute Gasteiger partial charge is 0.396 e. The van der Waals surface area contributed by atoms with Crippen LogP contribution in [0.25, 0.3) is 0 Å². The maximum absolute atomic E-state index is 12.6. The van der Waals surface area contributed by atoms with Crippen LogP contribution in [0.1, 0.15) is 18.4 Å². The molecule has 128 valence electrons. The van der Waals surface area contributed by atoms with Gasteiger partial charge in [-0.25, -0.2) is 0 Å². The number of hydrogen-bond acceptors (Lipinski definition) is 3. The lowest BCUT2D eigenvalue weighted by Crippen LogP contribution is -2.43. The quantitative estimate of drug-likeness (QED) is 0.869. The van der Waals surface area contributed by atoms with Crippen LogP contribution in [0.2, 0.25) is 5.02 Å². The number of aliphatic hydroxyl groups is 1. The van der Waals surface area contributed by atoms with E-state index in [0.717, 1.165) is 38.0 Å². The molecular weight excluding hydrogens is 335 g/mol. The Kier molecular flexibility index (Phi) is 6.32. The van der Waals surface area contributed by atoms with Crippen LogP contribution < -0.4 is 5.32 Å². The average Bonchev–Trinajstić information content (AvgIpc) is 2.88. The lowest BCUT2D eigenvalue weighted by molar-refractivity contribution is -0.130. The van der Waals surface area contributed by atoms with Crippen molar-refractivity contribution in [3.05, 3.63) is 34.9 Å². The van der Waals surface area contributed by atoms with Crippen LogP contribution in [0.5, 0.6) is 0 Å². The standard InChI is InChI=1S/C17H23ClN2O2.ClH/c18-15-4-2-1-3-13(15)9-16(22)20-10-14(11-21)17(12-20)5-7-19-8-6-17;/h1-4,14,19,21H,5-12H2;1H. The zero-order valence-corrected chi connectivity index (χ0v) is 14.7. The van der Waals surface area contributed by atoms with E-state index in [-0.39, 0.29) is 36.3 Å². The summed E-state index contributed by atoms with van der Waals surface area (Å²) in [5, 5.41) is 13.8. The number of amides is 1. The fourth-order valence-corrected chi connectivity index (χ4v) is 4.08. The number of carbonyl (C=O) groups excluding carboxylic acids is 1. The molecule has 2 heterocycles. The molecule has 1 spiro atoms. The van der Waals surface area contributed by atoms with Crippen LogP contribution in [-0.4, -0.2) is 48.7 Å². The number of hydrogen-bond donors (Lipinski definition) is 2. The number of nitrogens with zero attached hydrogens (tertiary/aromatic N) is 1. The van der Waals surface area contributed by atoms with Gasteiger partial charge in [0.05, 0.1) is 6.42 Å². The Bertz CT molecular complexity index is 547. The van der Waals surface area contributed by atoms with Crippen LogP contribution in [0.4, 0.5) is 0 Å². The van der Waals surface area contributed by atoms with Crippen molar-refractivity contribution in [1.29, 1.82) is 0 Å². The van der Waals surface area contributed by atoms with Gasteiger partial charge in [-0.15, -0.1) is 12.4 Å². The van der Waals surface area contributed by atoms with E-state index in [1.54, 1.807) is 0 Å². The summed E-state index contributed by atoms with van der Waals surface area (Å²) in [5.74, 6) is 0.312. The number of piperidine rings is 1. The third-order valence-corrected chi connectivity index (χ3v) is 5.65. The van der Waals surface area contributed by atoms with Crippen LogP contribution in [-0.2, 0) is 11.2 Å². The van der Waals surface area contributed by atoms with E-state index in [1.165, 1.54) is 0 Å². The van der Waals surface area contributed by atoms with Crippen LogP contribution in [0.15, 0.2) is 24.3 Å². The molecule has 1 aromatic carbocycles. The fraction of sp³-hybridized carbons (Fsp3) is 0.588. The number of likely N-dealkylation sites (tertiary alicyclic amines) is 1. The zero-order valence-electron chi connectivity index (χ0n) is 13.1. The molecule has 23 heavy (non-hydrogen) atoms. The molecule has 0 aromatic heterocycles. The second kappa shape index (κ2) is 7.84. The normalized spacial score (nSPS) is 22.9. The molecule has 4 nitrogen and oxygen atoms in total. The minimum absolute atomic E-state index is 0. The molecule has 0 aliphatic carbocycles. The van der Waals surface area contributed by atoms with Gasteiger partial charge in [-0.3, -0.25) is 4.79 Å². The zero-order chi connectivity index (χ0) is 15.6. The molecule has 1 atom stereocenters. The molecule has 0 saturated carbocycles. The third-order valence-electron chi connectivity index (χ3n) is 5.28. The first-order valence-corrected chi connectivity index (χ1v) is 8.35. The van der Waals surface area contributed by atoms with E-state index in [2.05, 4.69) is 5.32 Å². The van der Waals surface area contributed by atoms with Crippen LogP contribution in [0, 0.1) is 11.3 Å². The van der Waals surface area contributed by atoms with E-state index in [0.29, 0.717) is 18.0 Å². The number of halogens is 2. The lowest BCUT2D eigenvalue weighted by atomic mass is 9.71. The van der Waals surface area contributed by atoms with Crippen molar-refractivity contribution in [2.75, 3.05) is 32.8 Å². The lowest BCUT2D eigenvalue weighted by Gasteiger charge is -2.37. The maximum atomic E-state index is 12.6. The number of carbonyl (C=O) groups is 1. The Labute approximate surface area is 148 Å². The molecule has 0 radical (unpaired) electrons. The van der Waals surface area contributed by atoms with Crippen molar-refractivity contribution in [1.82, 2.24) is 10.2 Å². The molecular formula is C17H24Cl2N2O2. The first-order valence-electron chi connectivity index (χ1n) is 7.97. The summed E-state index contributed by atoms with van der Waals surface area (Å²) in [6.07, 6.45) is 2.41. The van der Waals surface area contributed by atoms with E-state index < -0.39 is 0 Å². The summed E-state index contributed by atoms with van der Waals surface area (Å²) in [7, 11) is 0. The summed E-state index contributed by atoms with van der Waals surface area (Å²) in [6, 6.07) is 7.50. The highest BCUT2D eigenvalue weighted by Gasteiger charge is 2.47. The van der Waals surface area contributed by atoms with Gasteiger partial charge in [-0.2, -0.15) is 0 Å². The predicted molar refractivity (Wildman–Crippen MR) is 94.1 cm³/mol. The highest BCUT2D eigenvalue weighted by Crippen LogP contribution is 2.43. The van der Waals surface area contributed by atoms with Gasteiger partial charge in [0.15, 0.2) is 0 Å². The van der Waals surface area contributed by atoms with Gasteiger partial charge in [0.25, 0.3) is 0 Å². The summed E-state index contributed by atoms with van der Waals surface area (Å²) < 4.78 is 0. The van der Waals surface area contributed by atoms with E-state index in [4.69, 9.17) is 11.6 Å². The number of nitrogens with one attached hydrogen (secondary N) is 1. The van der Waals surface area contributed by atoms with Crippen molar-refractivity contribution in [3.8, 4) is 0 Å². The minimum Gasteiger partial charge on any atom is -0.396 e. The molecule has 6 heteroatoms. The fourth-order valence-electron chi connectivity index (χ4n) is 3.88. The maximum Gasteiger partial charge on any atom is 0.227 e. The third kappa shape index (κ3) is 3.82. The van der Waals surface area contributed by atoms with Gasteiger partial charge in [-0.05, 0) is 43.0 Å². The molecule has 2 aliphatic rings. The van der Waals surface area contributed by atoms with Gasteiger partial charge in [-0.1, -0.05) is 29.8 Å². The first kappa shape index (κ1) is 18.5. The highest BCUT2D eigenvalue weighted by molar-refractivity contribution is 6.31. The van der Waals surface area contributed by atoms with E-state index >= 15 is 0 Å². The predicted octanol–water partition coefficient (Wildman–Crippen LogP) is 2.12. The molecule has 1 unspecified atom stereocenters.